The van der Waals surface area contributed by atoms with Gasteiger partial charge in [0.15, 0.2) is 5.11 Å². The summed E-state index contributed by atoms with van der Waals surface area (Å²) < 4.78 is 18.8. The van der Waals surface area contributed by atoms with E-state index in [9.17, 15) is 9.18 Å². The number of rotatable bonds is 5. The number of hydrogen-bond donors (Lipinski definition) is 0. The van der Waals surface area contributed by atoms with Crippen LogP contribution in [0.4, 0.5) is 4.39 Å². The predicted octanol–water partition coefficient (Wildman–Crippen LogP) is 3.82. The Labute approximate surface area is 157 Å². The first-order valence-corrected chi connectivity index (χ1v) is 8.69. The lowest BCUT2D eigenvalue weighted by Crippen LogP contribution is -2.30. The van der Waals surface area contributed by atoms with Gasteiger partial charge in [-0.1, -0.05) is 24.3 Å². The minimum atomic E-state index is -0.280. The van der Waals surface area contributed by atoms with Gasteiger partial charge in [0.2, 0.25) is 0 Å². The van der Waals surface area contributed by atoms with Crippen LogP contribution in [0.15, 0.2) is 54.2 Å². The summed E-state index contributed by atoms with van der Waals surface area (Å²) in [4.78, 5) is 15.7. The van der Waals surface area contributed by atoms with Crippen molar-refractivity contribution < 1.29 is 13.9 Å². The number of ether oxygens (including phenoxy) is 1. The van der Waals surface area contributed by atoms with Crippen molar-refractivity contribution in [1.29, 1.82) is 0 Å². The highest BCUT2D eigenvalue weighted by Crippen LogP contribution is 2.23. The Balaban J connectivity index is 1.70. The molecule has 1 aliphatic rings. The number of carbonyl (C=O) groups excluding carboxylic acids is 1. The average molecular weight is 370 g/mol. The molecule has 1 fully saturated rings. The van der Waals surface area contributed by atoms with Gasteiger partial charge in [0, 0.05) is 13.6 Å². The monoisotopic (exact) mass is 370 g/mol. The molecule has 0 spiro atoms. The first-order valence-electron chi connectivity index (χ1n) is 8.28. The van der Waals surface area contributed by atoms with E-state index in [1.807, 2.05) is 37.3 Å². The number of halogens is 1. The zero-order chi connectivity index (χ0) is 18.7. The topological polar surface area (TPSA) is 32.8 Å². The van der Waals surface area contributed by atoms with Gasteiger partial charge in [-0.05, 0) is 60.6 Å². The summed E-state index contributed by atoms with van der Waals surface area (Å²) in [6.45, 7) is 2.73. The number of likely N-dealkylation sites (N-methyl/N-ethyl adjacent to an activating group) is 2. The number of benzene rings is 2. The first-order chi connectivity index (χ1) is 12.5. The fraction of sp³-hybridized carbons (Fsp3) is 0.200. The Morgan fingerprint density at radius 1 is 1.19 bits per heavy atom. The molecule has 0 saturated carbocycles. The van der Waals surface area contributed by atoms with Crippen molar-refractivity contribution in [2.75, 3.05) is 13.6 Å². The van der Waals surface area contributed by atoms with Crippen LogP contribution in [0.3, 0.4) is 0 Å². The molecule has 0 radical (unpaired) electrons. The van der Waals surface area contributed by atoms with Crippen LogP contribution in [0.2, 0.25) is 0 Å². The summed E-state index contributed by atoms with van der Waals surface area (Å²) in [5, 5.41) is 0.513. The second-order valence-electron chi connectivity index (χ2n) is 5.91. The van der Waals surface area contributed by atoms with Gasteiger partial charge in [-0.3, -0.25) is 9.69 Å². The molecule has 0 atom stereocenters. The molecule has 0 bridgehead atoms. The van der Waals surface area contributed by atoms with Crippen molar-refractivity contribution in [2.45, 2.75) is 13.5 Å². The second-order valence-corrected chi connectivity index (χ2v) is 6.27. The normalized spacial score (nSPS) is 15.9. The number of thiocarbonyl (C=S) groups is 1. The van der Waals surface area contributed by atoms with E-state index < -0.39 is 0 Å². The summed E-state index contributed by atoms with van der Waals surface area (Å²) in [5.74, 6) is 0.303. The third-order valence-corrected chi connectivity index (χ3v) is 4.63. The zero-order valence-corrected chi connectivity index (χ0v) is 15.4. The Morgan fingerprint density at radius 2 is 1.92 bits per heavy atom. The van der Waals surface area contributed by atoms with Crippen LogP contribution in [-0.2, 0) is 11.4 Å². The van der Waals surface area contributed by atoms with Crippen molar-refractivity contribution in [3.05, 3.63) is 71.2 Å². The van der Waals surface area contributed by atoms with E-state index >= 15 is 0 Å². The third kappa shape index (κ3) is 3.75. The molecule has 4 nitrogen and oxygen atoms in total. The smallest absolute Gasteiger partial charge is 0.276 e. The van der Waals surface area contributed by atoms with Crippen LogP contribution >= 0.6 is 12.2 Å². The molecular weight excluding hydrogens is 351 g/mol. The quantitative estimate of drug-likeness (QED) is 0.592. The summed E-state index contributed by atoms with van der Waals surface area (Å²) >= 11 is 5.29. The van der Waals surface area contributed by atoms with E-state index in [0.29, 0.717) is 29.7 Å². The van der Waals surface area contributed by atoms with E-state index in [0.717, 1.165) is 11.1 Å². The Kier molecular flexibility index (Phi) is 5.32. The van der Waals surface area contributed by atoms with E-state index in [4.69, 9.17) is 17.0 Å². The predicted molar refractivity (Wildman–Crippen MR) is 103 cm³/mol. The lowest BCUT2D eigenvalue weighted by Gasteiger charge is -2.13. The van der Waals surface area contributed by atoms with Gasteiger partial charge < -0.3 is 9.64 Å². The van der Waals surface area contributed by atoms with Gasteiger partial charge in [0.1, 0.15) is 23.9 Å². The third-order valence-electron chi connectivity index (χ3n) is 4.14. The minimum Gasteiger partial charge on any atom is -0.489 e. The molecule has 3 rings (SSSR count). The van der Waals surface area contributed by atoms with Crippen LogP contribution in [0.1, 0.15) is 18.1 Å². The molecule has 2 aromatic carbocycles. The van der Waals surface area contributed by atoms with E-state index in [-0.39, 0.29) is 11.7 Å². The van der Waals surface area contributed by atoms with E-state index in [2.05, 4.69) is 0 Å². The first kappa shape index (κ1) is 18.1. The molecule has 0 aromatic heterocycles. The maximum absolute atomic E-state index is 13.2. The molecule has 0 N–H and O–H groups in total. The SMILES string of the molecule is CCN1C(=O)C(=Cc2ccc(OCc3cccc(F)c3)cc2)N(C)C1=S. The molecule has 26 heavy (non-hydrogen) atoms. The van der Waals surface area contributed by atoms with Gasteiger partial charge >= 0.3 is 0 Å². The number of amides is 1. The van der Waals surface area contributed by atoms with Crippen molar-refractivity contribution in [3.8, 4) is 5.75 Å². The summed E-state index contributed by atoms with van der Waals surface area (Å²) in [5.41, 5.74) is 2.19. The maximum atomic E-state index is 13.2. The molecule has 134 valence electrons. The Morgan fingerprint density at radius 3 is 2.54 bits per heavy atom. The highest BCUT2D eigenvalue weighted by Gasteiger charge is 2.34. The van der Waals surface area contributed by atoms with E-state index in [1.165, 1.54) is 12.1 Å². The van der Waals surface area contributed by atoms with Crippen LogP contribution in [0, 0.1) is 5.82 Å². The van der Waals surface area contributed by atoms with E-state index in [1.54, 1.807) is 29.0 Å². The van der Waals surface area contributed by atoms with Gasteiger partial charge in [0.25, 0.3) is 5.91 Å². The fourth-order valence-electron chi connectivity index (χ4n) is 2.70. The van der Waals surface area contributed by atoms with Crippen LogP contribution < -0.4 is 4.74 Å². The van der Waals surface area contributed by atoms with Crippen molar-refractivity contribution in [1.82, 2.24) is 9.80 Å². The average Bonchev–Trinajstić information content (AvgIpc) is 2.84. The lowest BCUT2D eigenvalue weighted by molar-refractivity contribution is -0.122. The summed E-state index contributed by atoms with van der Waals surface area (Å²) in [6.07, 6.45) is 1.81. The highest BCUT2D eigenvalue weighted by atomic mass is 32.1. The van der Waals surface area contributed by atoms with Crippen LogP contribution in [-0.4, -0.2) is 34.4 Å². The van der Waals surface area contributed by atoms with Gasteiger partial charge in [-0.2, -0.15) is 0 Å². The number of carbonyl (C=O) groups is 1. The molecule has 0 unspecified atom stereocenters. The zero-order valence-electron chi connectivity index (χ0n) is 14.6. The summed E-state index contributed by atoms with van der Waals surface area (Å²) in [7, 11) is 1.79. The number of nitrogens with zero attached hydrogens (tertiary/aromatic N) is 2. The summed E-state index contributed by atoms with van der Waals surface area (Å²) in [6, 6.07) is 13.7. The Bertz CT molecular complexity index is 864. The molecule has 1 aliphatic heterocycles. The minimum absolute atomic E-state index is 0.0913. The van der Waals surface area contributed by atoms with Crippen LogP contribution in [0.25, 0.3) is 6.08 Å². The highest BCUT2D eigenvalue weighted by molar-refractivity contribution is 7.80. The fourth-order valence-corrected chi connectivity index (χ4v) is 3.01. The molecule has 1 amide bonds. The van der Waals surface area contributed by atoms with Crippen molar-refractivity contribution >= 4 is 29.3 Å². The molecule has 6 heteroatoms. The largest absolute Gasteiger partial charge is 0.489 e. The van der Waals surface area contributed by atoms with Gasteiger partial charge in [-0.25, -0.2) is 4.39 Å². The maximum Gasteiger partial charge on any atom is 0.276 e. The van der Waals surface area contributed by atoms with Crippen molar-refractivity contribution in [3.63, 3.8) is 0 Å². The molecular formula is C20H19FN2O2S. The van der Waals surface area contributed by atoms with Crippen LogP contribution in [0.5, 0.6) is 5.75 Å². The second kappa shape index (κ2) is 7.66. The Hall–Kier alpha value is -2.73. The van der Waals surface area contributed by atoms with Gasteiger partial charge in [-0.15, -0.1) is 0 Å². The molecule has 1 heterocycles. The number of hydrogen-bond acceptors (Lipinski definition) is 3. The molecule has 1 saturated heterocycles. The van der Waals surface area contributed by atoms with Gasteiger partial charge in [0.05, 0.1) is 0 Å². The molecule has 2 aromatic rings. The van der Waals surface area contributed by atoms with Crippen molar-refractivity contribution in [2.24, 2.45) is 0 Å². The lowest BCUT2D eigenvalue weighted by atomic mass is 10.1. The standard InChI is InChI=1S/C20H19FN2O2S/c1-3-23-19(24)18(22(2)20(23)26)12-14-7-9-17(10-8-14)25-13-15-5-4-6-16(21)11-15/h4-12H,3,13H2,1-2H3. The molecule has 0 aliphatic carbocycles.